The van der Waals surface area contributed by atoms with Gasteiger partial charge in [0.2, 0.25) is 5.13 Å². The van der Waals surface area contributed by atoms with Crippen molar-refractivity contribution in [2.24, 2.45) is 5.10 Å². The van der Waals surface area contributed by atoms with Crippen LogP contribution in [0.5, 0.6) is 28.7 Å². The van der Waals surface area contributed by atoms with Crippen LogP contribution in [0.25, 0.3) is 10.2 Å². The minimum absolute atomic E-state index is 0.117. The molecule has 0 unspecified atom stereocenters. The topological polar surface area (TPSA) is 215 Å². The standard InChI is InChI=1S/C59H63N3O16S/c1-4-7-8-11-28-62(59-61-51-12-9-10-13-53(51)79-59)60-42-46-41-50(73-38-34-69-30-32-71-36-40-75-55(64)6-3)26-27-52(46)78-58(67)45-18-20-48(21-19-45)76-56(65)43-14-16-44(17-15-43)57(66)77-49-24-22-47(23-25-49)72-37-33-68-29-31-70-35-39-74-54(63)5-2/h5-6,9-10,12-27,41-42H,2-4,7-8,11,28-40H2,1H3/b60-42+. The highest BCUT2D eigenvalue weighted by Gasteiger charge is 2.18. The van der Waals surface area contributed by atoms with Gasteiger partial charge in [0.1, 0.15) is 55.2 Å². The summed E-state index contributed by atoms with van der Waals surface area (Å²) in [6.07, 6.45) is 7.89. The van der Waals surface area contributed by atoms with Gasteiger partial charge in [-0.1, -0.05) is 62.8 Å². The van der Waals surface area contributed by atoms with Gasteiger partial charge in [0.15, 0.2) is 0 Å². The van der Waals surface area contributed by atoms with Crippen LogP contribution in [0.2, 0.25) is 0 Å². The van der Waals surface area contributed by atoms with Crippen molar-refractivity contribution in [2.45, 2.75) is 32.6 Å². The lowest BCUT2D eigenvalue weighted by molar-refractivity contribution is -0.140. The highest BCUT2D eigenvalue weighted by Crippen LogP contribution is 2.30. The Morgan fingerprint density at radius 1 is 0.532 bits per heavy atom. The number of benzene rings is 5. The number of rotatable bonds is 36. The zero-order valence-corrected chi connectivity index (χ0v) is 44.7. The molecule has 19 nitrogen and oxygen atoms in total. The van der Waals surface area contributed by atoms with Crippen LogP contribution in [-0.2, 0) is 38.0 Å². The van der Waals surface area contributed by atoms with E-state index in [4.69, 9.17) is 62.2 Å². The van der Waals surface area contributed by atoms with Crippen molar-refractivity contribution in [1.82, 2.24) is 4.98 Å². The summed E-state index contributed by atoms with van der Waals surface area (Å²) in [5.41, 5.74) is 1.90. The number of esters is 5. The van der Waals surface area contributed by atoms with Crippen molar-refractivity contribution in [3.05, 3.63) is 163 Å². The second-order valence-corrected chi connectivity index (χ2v) is 17.7. The predicted molar refractivity (Wildman–Crippen MR) is 296 cm³/mol. The SMILES string of the molecule is C=CC(=O)OCCOCCOCCOc1ccc(OC(=O)c2ccc(C(=O)Oc3ccc(C(=O)Oc4ccc(OCCOCCOCCOC(=O)C=C)cc4/C=N/N(CCCCCC)c4nc5ccccc5s4)cc3)cc2)cc1. The number of para-hydroxylation sites is 1. The molecule has 0 atom stereocenters. The third-order valence-electron chi connectivity index (χ3n) is 11.0. The molecule has 416 valence electrons. The summed E-state index contributed by atoms with van der Waals surface area (Å²) in [4.78, 5) is 66.7. The number of fused-ring (bicyclic) bond motifs is 1. The van der Waals surface area contributed by atoms with E-state index in [9.17, 15) is 24.0 Å². The lowest BCUT2D eigenvalue weighted by atomic mass is 10.1. The smallest absolute Gasteiger partial charge is 0.343 e. The van der Waals surface area contributed by atoms with E-state index in [1.807, 2.05) is 29.3 Å². The molecular formula is C59H63N3O16S. The van der Waals surface area contributed by atoms with Crippen LogP contribution in [0.4, 0.5) is 5.13 Å². The lowest BCUT2D eigenvalue weighted by Crippen LogP contribution is -2.18. The molecule has 6 rings (SSSR count). The number of hydrazone groups is 1. The molecule has 0 saturated heterocycles. The van der Waals surface area contributed by atoms with Crippen LogP contribution in [-0.4, -0.2) is 127 Å². The number of carbonyl (C=O) groups excluding carboxylic acids is 5. The number of hydrogen-bond acceptors (Lipinski definition) is 20. The molecule has 5 aromatic carbocycles. The molecule has 79 heavy (non-hydrogen) atoms. The Labute approximate surface area is 462 Å². The molecule has 1 aromatic heterocycles. The maximum Gasteiger partial charge on any atom is 0.343 e. The van der Waals surface area contributed by atoms with Crippen molar-refractivity contribution in [3.63, 3.8) is 0 Å². The summed E-state index contributed by atoms with van der Waals surface area (Å²) >= 11 is 1.54. The van der Waals surface area contributed by atoms with Crippen molar-refractivity contribution in [2.75, 3.05) is 90.8 Å². The number of thiazole rings is 1. The molecule has 0 radical (unpaired) electrons. The van der Waals surface area contributed by atoms with Gasteiger partial charge in [0.25, 0.3) is 0 Å². The van der Waals surface area contributed by atoms with Crippen LogP contribution in [0, 0.1) is 0 Å². The number of aromatic nitrogens is 1. The predicted octanol–water partition coefficient (Wildman–Crippen LogP) is 9.66. The zero-order valence-electron chi connectivity index (χ0n) is 43.9. The van der Waals surface area contributed by atoms with Crippen molar-refractivity contribution >= 4 is 62.7 Å². The summed E-state index contributed by atoms with van der Waals surface area (Å²) in [5, 5.41) is 7.46. The highest BCUT2D eigenvalue weighted by molar-refractivity contribution is 7.22. The Morgan fingerprint density at radius 3 is 1.54 bits per heavy atom. The van der Waals surface area contributed by atoms with E-state index in [-0.39, 0.29) is 80.2 Å². The van der Waals surface area contributed by atoms with Gasteiger partial charge in [-0.3, -0.25) is 0 Å². The van der Waals surface area contributed by atoms with E-state index >= 15 is 0 Å². The molecule has 0 aliphatic rings. The van der Waals surface area contributed by atoms with E-state index in [1.54, 1.807) is 48.7 Å². The number of anilines is 1. The van der Waals surface area contributed by atoms with E-state index in [0.717, 1.165) is 53.2 Å². The largest absolute Gasteiger partial charge is 0.491 e. The number of carbonyl (C=O) groups is 5. The van der Waals surface area contributed by atoms with Gasteiger partial charge >= 0.3 is 29.8 Å². The fourth-order valence-corrected chi connectivity index (χ4v) is 7.85. The monoisotopic (exact) mass is 1100 g/mol. The molecule has 0 aliphatic heterocycles. The normalized spacial score (nSPS) is 10.9. The Balaban J connectivity index is 1.00. The molecule has 20 heteroatoms. The minimum atomic E-state index is -0.689. The maximum atomic E-state index is 13.7. The second kappa shape index (κ2) is 33.8. The third-order valence-corrected chi connectivity index (χ3v) is 12.0. The number of ether oxygens (including phenoxy) is 11. The summed E-state index contributed by atoms with van der Waals surface area (Å²) in [6.45, 7) is 12.5. The lowest BCUT2D eigenvalue weighted by Gasteiger charge is -2.16. The zero-order chi connectivity index (χ0) is 55.9. The van der Waals surface area contributed by atoms with E-state index in [0.29, 0.717) is 56.6 Å². The van der Waals surface area contributed by atoms with Gasteiger partial charge < -0.3 is 52.1 Å². The van der Waals surface area contributed by atoms with Gasteiger partial charge in [0, 0.05) is 24.3 Å². The average molecular weight is 1100 g/mol. The van der Waals surface area contributed by atoms with Crippen LogP contribution in [0.3, 0.4) is 0 Å². The Bertz CT molecular complexity index is 2890. The molecule has 0 aliphatic carbocycles. The summed E-state index contributed by atoms with van der Waals surface area (Å²) in [6, 6.07) is 31.1. The summed E-state index contributed by atoms with van der Waals surface area (Å²) in [5.74, 6) is -1.31. The fraction of sp³-hybridized carbons (Fsp3) is 0.305. The fourth-order valence-electron chi connectivity index (χ4n) is 6.90. The molecule has 0 bridgehead atoms. The highest BCUT2D eigenvalue weighted by atomic mass is 32.1. The van der Waals surface area contributed by atoms with Crippen molar-refractivity contribution in [1.29, 1.82) is 0 Å². The first-order valence-electron chi connectivity index (χ1n) is 25.5. The maximum absolute atomic E-state index is 13.7. The first-order chi connectivity index (χ1) is 38.6. The first kappa shape index (κ1) is 60.0. The molecule has 0 amide bonds. The second-order valence-electron chi connectivity index (χ2n) is 16.7. The Morgan fingerprint density at radius 2 is 1.00 bits per heavy atom. The summed E-state index contributed by atoms with van der Waals surface area (Å²) in [7, 11) is 0. The van der Waals surface area contributed by atoms with E-state index in [1.165, 1.54) is 59.9 Å². The van der Waals surface area contributed by atoms with Crippen LogP contribution >= 0.6 is 11.3 Å². The first-order valence-corrected chi connectivity index (χ1v) is 26.4. The summed E-state index contributed by atoms with van der Waals surface area (Å²) < 4.78 is 61.3. The van der Waals surface area contributed by atoms with Gasteiger partial charge in [-0.2, -0.15) is 5.10 Å². The van der Waals surface area contributed by atoms with E-state index in [2.05, 4.69) is 20.1 Å². The molecule has 0 spiro atoms. The average Bonchev–Trinajstić information content (AvgIpc) is 3.93. The van der Waals surface area contributed by atoms with Crippen LogP contribution in [0.15, 0.2) is 146 Å². The van der Waals surface area contributed by atoms with Gasteiger partial charge in [0.05, 0.1) is 86.0 Å². The molecule has 6 aromatic rings. The van der Waals surface area contributed by atoms with Crippen molar-refractivity contribution in [3.8, 4) is 28.7 Å². The Kier molecular flexibility index (Phi) is 25.7. The van der Waals surface area contributed by atoms with Crippen LogP contribution < -0.4 is 28.7 Å². The third kappa shape index (κ3) is 21.2. The Hall–Kier alpha value is -8.27. The number of nitrogens with zero attached hydrogens (tertiary/aromatic N) is 3. The van der Waals surface area contributed by atoms with Gasteiger partial charge in [-0.25, -0.2) is 34.0 Å². The van der Waals surface area contributed by atoms with E-state index < -0.39 is 29.8 Å². The molecule has 1 heterocycles. The molecular weight excluding hydrogens is 1040 g/mol. The number of hydrogen-bond donors (Lipinski definition) is 0. The van der Waals surface area contributed by atoms with Crippen molar-refractivity contribution < 1.29 is 76.1 Å². The van der Waals surface area contributed by atoms with Gasteiger partial charge in [-0.05, 0) is 110 Å². The number of unbranched alkanes of at least 4 members (excludes halogenated alkanes) is 3. The van der Waals surface area contributed by atoms with Gasteiger partial charge in [-0.15, -0.1) is 0 Å². The molecule has 0 N–H and O–H groups in total. The minimum Gasteiger partial charge on any atom is -0.491 e. The van der Waals surface area contributed by atoms with Crippen LogP contribution in [0.1, 0.15) is 69.2 Å². The molecule has 0 fully saturated rings. The molecule has 0 saturated carbocycles. The quantitative estimate of drug-likeness (QED) is 0.00893.